The minimum absolute atomic E-state index is 0.205. The first kappa shape index (κ1) is 18.8. The second kappa shape index (κ2) is 6.77. The quantitative estimate of drug-likeness (QED) is 0.359. The lowest BCUT2D eigenvalue weighted by molar-refractivity contribution is -0.245. The molecule has 1 unspecified atom stereocenters. The third-order valence-electron chi connectivity index (χ3n) is 4.25. The molecule has 129 valence electrons. The van der Waals surface area contributed by atoms with Crippen LogP contribution in [0.5, 0.6) is 0 Å². The van der Waals surface area contributed by atoms with Gasteiger partial charge in [0.05, 0.1) is 27.3 Å². The van der Waals surface area contributed by atoms with Crippen molar-refractivity contribution in [1.82, 2.24) is 10.4 Å². The first-order valence-electron chi connectivity index (χ1n) is 7.51. The summed E-state index contributed by atoms with van der Waals surface area (Å²) in [6, 6.07) is 4.79. The molecule has 1 aromatic rings. The fourth-order valence-corrected chi connectivity index (χ4v) is 3.46. The van der Waals surface area contributed by atoms with E-state index in [2.05, 4.69) is 15.6 Å². The second-order valence-corrected chi connectivity index (χ2v) is 7.73. The van der Waals surface area contributed by atoms with Crippen molar-refractivity contribution in [3.05, 3.63) is 28.2 Å². The number of aliphatic imine (C=N–C) groups is 1. The summed E-state index contributed by atoms with van der Waals surface area (Å²) < 4.78 is 0. The van der Waals surface area contributed by atoms with E-state index in [1.807, 2.05) is 33.9 Å². The molecule has 1 radical (unpaired) electrons. The summed E-state index contributed by atoms with van der Waals surface area (Å²) in [4.78, 5) is 4.55. The molecule has 0 aromatic heterocycles. The van der Waals surface area contributed by atoms with Gasteiger partial charge in [-0.3, -0.25) is 5.32 Å². The number of hydrogen-bond donors (Lipinski definition) is 2. The van der Waals surface area contributed by atoms with E-state index in [0.29, 0.717) is 22.2 Å². The van der Waals surface area contributed by atoms with E-state index in [4.69, 9.17) is 28.5 Å². The van der Waals surface area contributed by atoms with Crippen molar-refractivity contribution >= 4 is 34.8 Å². The molecule has 2 rings (SSSR count). The molecule has 0 bridgehead atoms. The average Bonchev–Trinajstić information content (AvgIpc) is 2.63. The van der Waals surface area contributed by atoms with Gasteiger partial charge in [0.15, 0.2) is 6.19 Å². The van der Waals surface area contributed by atoms with Gasteiger partial charge in [-0.1, -0.05) is 29.3 Å². The van der Waals surface area contributed by atoms with Crippen molar-refractivity contribution < 1.29 is 5.21 Å². The molecule has 1 aliphatic heterocycles. The average molecular weight is 369 g/mol. The molecule has 2 N–H and O–H groups in total. The highest BCUT2D eigenvalue weighted by Crippen LogP contribution is 2.41. The molecule has 1 saturated heterocycles. The van der Waals surface area contributed by atoms with Crippen LogP contribution in [-0.2, 0) is 5.21 Å². The Hall–Kier alpha value is -1.52. The maximum absolute atomic E-state index is 12.5. The predicted molar refractivity (Wildman–Crippen MR) is 95.4 cm³/mol. The van der Waals surface area contributed by atoms with Crippen LogP contribution in [-0.4, -0.2) is 28.1 Å². The topological polar surface area (TPSA) is 83.3 Å². The van der Waals surface area contributed by atoms with Crippen LogP contribution in [0.4, 0.5) is 5.69 Å². The van der Waals surface area contributed by atoms with Crippen LogP contribution in [0.15, 0.2) is 23.2 Å². The smallest absolute Gasteiger partial charge is 0.209 e. The minimum Gasteiger partial charge on any atom is -0.323 e. The van der Waals surface area contributed by atoms with E-state index >= 15 is 0 Å². The third-order valence-corrected chi connectivity index (χ3v) is 4.88. The Bertz CT molecular complexity index is 676. The molecule has 0 saturated carbocycles. The Morgan fingerprint density at radius 1 is 1.33 bits per heavy atom. The van der Waals surface area contributed by atoms with Crippen molar-refractivity contribution in [3.63, 3.8) is 0 Å². The number of anilines is 1. The van der Waals surface area contributed by atoms with Crippen LogP contribution in [0.25, 0.3) is 0 Å². The van der Waals surface area contributed by atoms with Crippen molar-refractivity contribution in [2.45, 2.75) is 51.2 Å². The molecule has 1 aliphatic rings. The van der Waals surface area contributed by atoms with Gasteiger partial charge < -0.3 is 5.32 Å². The molecular formula is C16H20Cl2N5O. The Morgan fingerprint density at radius 2 is 1.92 bits per heavy atom. The zero-order valence-electron chi connectivity index (χ0n) is 14.0. The van der Waals surface area contributed by atoms with E-state index in [-0.39, 0.29) is 12.0 Å². The first-order chi connectivity index (χ1) is 11.1. The van der Waals surface area contributed by atoms with Crippen LogP contribution in [0.1, 0.15) is 34.1 Å². The van der Waals surface area contributed by atoms with E-state index in [0.717, 1.165) is 5.06 Å². The van der Waals surface area contributed by atoms with Crippen LogP contribution in [0.3, 0.4) is 0 Å². The number of guanidine groups is 1. The van der Waals surface area contributed by atoms with Gasteiger partial charge in [0.2, 0.25) is 5.96 Å². The molecule has 0 amide bonds. The number of benzene rings is 1. The van der Waals surface area contributed by atoms with Gasteiger partial charge in [-0.15, -0.1) is 10.3 Å². The molecule has 6 nitrogen and oxygen atoms in total. The number of halogens is 2. The number of nitrogens with one attached hydrogen (secondary N) is 2. The maximum atomic E-state index is 12.5. The summed E-state index contributed by atoms with van der Waals surface area (Å²) in [5, 5.41) is 28.8. The SMILES string of the molecule is CC1(C)CC(N=C(NC#N)Nc2c(Cl)cccc2Cl)C(C)(C)N1[O]. The zero-order chi connectivity index (χ0) is 18.1. The molecule has 1 atom stereocenters. The Morgan fingerprint density at radius 3 is 2.38 bits per heavy atom. The summed E-state index contributed by atoms with van der Waals surface area (Å²) >= 11 is 12.3. The van der Waals surface area contributed by atoms with Gasteiger partial charge in [-0.2, -0.15) is 5.26 Å². The second-order valence-electron chi connectivity index (χ2n) is 6.92. The molecule has 8 heteroatoms. The lowest BCUT2D eigenvalue weighted by atomic mass is 9.95. The number of hydrogen-bond acceptors (Lipinski definition) is 3. The number of para-hydroxylation sites is 1. The van der Waals surface area contributed by atoms with Gasteiger partial charge >= 0.3 is 0 Å². The van der Waals surface area contributed by atoms with Gasteiger partial charge in [0.25, 0.3) is 0 Å². The fraction of sp³-hybridized carbons (Fsp3) is 0.500. The standard InChI is InChI=1S/C16H20Cl2N5O/c1-15(2)8-12(16(3,4)23(15)24)21-14(20-9-19)22-13-10(17)6-5-7-11(13)18/h5-7,12H,8H2,1-4H3,(H2,20,21,22). The van der Waals surface area contributed by atoms with Crippen LogP contribution in [0.2, 0.25) is 10.0 Å². The lowest BCUT2D eigenvalue weighted by Gasteiger charge is -2.32. The Kier molecular flexibility index (Phi) is 5.31. The molecule has 0 aliphatic carbocycles. The van der Waals surface area contributed by atoms with Crippen LogP contribution < -0.4 is 10.6 Å². The van der Waals surface area contributed by atoms with Crippen LogP contribution >= 0.6 is 23.2 Å². The molecular weight excluding hydrogens is 349 g/mol. The summed E-state index contributed by atoms with van der Waals surface area (Å²) in [5.41, 5.74) is -0.772. The van der Waals surface area contributed by atoms with Crippen molar-refractivity contribution in [2.24, 2.45) is 4.99 Å². The van der Waals surface area contributed by atoms with E-state index in [1.54, 1.807) is 18.2 Å². The molecule has 24 heavy (non-hydrogen) atoms. The fourth-order valence-electron chi connectivity index (χ4n) is 2.97. The maximum Gasteiger partial charge on any atom is 0.209 e. The Balaban J connectivity index is 2.35. The largest absolute Gasteiger partial charge is 0.323 e. The molecule has 1 heterocycles. The minimum atomic E-state index is -0.697. The molecule has 1 aromatic carbocycles. The zero-order valence-corrected chi connectivity index (χ0v) is 15.5. The summed E-state index contributed by atoms with van der Waals surface area (Å²) in [5.74, 6) is 0.205. The van der Waals surface area contributed by atoms with Gasteiger partial charge in [-0.05, 0) is 46.2 Å². The van der Waals surface area contributed by atoms with Crippen molar-refractivity contribution in [3.8, 4) is 6.19 Å². The summed E-state index contributed by atoms with van der Waals surface area (Å²) in [7, 11) is 0. The van der Waals surface area contributed by atoms with E-state index < -0.39 is 11.1 Å². The first-order valence-corrected chi connectivity index (χ1v) is 8.26. The predicted octanol–water partition coefficient (Wildman–Crippen LogP) is 3.81. The van der Waals surface area contributed by atoms with Gasteiger partial charge in [0, 0.05) is 5.54 Å². The summed E-state index contributed by atoms with van der Waals surface area (Å²) in [6.45, 7) is 7.45. The Labute approximate surface area is 152 Å². The van der Waals surface area contributed by atoms with Gasteiger partial charge in [0.1, 0.15) is 0 Å². The normalized spacial score (nSPS) is 22.9. The van der Waals surface area contributed by atoms with E-state index in [1.165, 1.54) is 0 Å². The number of rotatable bonds is 2. The van der Waals surface area contributed by atoms with Crippen molar-refractivity contribution in [1.29, 1.82) is 5.26 Å². The monoisotopic (exact) mass is 368 g/mol. The van der Waals surface area contributed by atoms with Gasteiger partial charge in [-0.25, -0.2) is 4.99 Å². The van der Waals surface area contributed by atoms with E-state index in [9.17, 15) is 5.21 Å². The molecule has 0 spiro atoms. The van der Waals surface area contributed by atoms with Crippen molar-refractivity contribution in [2.75, 3.05) is 5.32 Å². The molecule has 1 fully saturated rings. The number of nitrogens with zero attached hydrogens (tertiary/aromatic N) is 3. The highest BCUT2D eigenvalue weighted by Gasteiger charge is 2.52. The number of hydroxylamine groups is 2. The summed E-state index contributed by atoms with van der Waals surface area (Å²) in [6.07, 6.45) is 2.41. The third kappa shape index (κ3) is 3.60. The van der Waals surface area contributed by atoms with Crippen LogP contribution in [0, 0.1) is 11.5 Å². The highest BCUT2D eigenvalue weighted by molar-refractivity contribution is 6.39. The number of nitriles is 1. The highest BCUT2D eigenvalue weighted by atomic mass is 35.5. The lowest BCUT2D eigenvalue weighted by Crippen LogP contribution is -2.47.